The molecule has 0 amide bonds. The molecule has 0 saturated heterocycles. The minimum absolute atomic E-state index is 0.183. The van der Waals surface area contributed by atoms with Crippen LogP contribution in [0.4, 0.5) is 8.78 Å². The summed E-state index contributed by atoms with van der Waals surface area (Å²) < 4.78 is 32.1. The Hall–Kier alpha value is -2.23. The summed E-state index contributed by atoms with van der Waals surface area (Å²) in [6.07, 6.45) is 0.690. The summed E-state index contributed by atoms with van der Waals surface area (Å²) in [5.41, 5.74) is 0.703. The van der Waals surface area contributed by atoms with Crippen LogP contribution in [0.25, 0.3) is 0 Å². The molecule has 18 heavy (non-hydrogen) atoms. The largest absolute Gasteiger partial charge is 0.454 e. The van der Waals surface area contributed by atoms with Gasteiger partial charge in [-0.2, -0.15) is 4.39 Å². The molecule has 0 aromatic heterocycles. The summed E-state index contributed by atoms with van der Waals surface area (Å²) in [5, 5.41) is 0. The zero-order chi connectivity index (χ0) is 13.1. The molecule has 0 unspecified atom stereocenters. The molecular weight excluding hydrogens is 238 g/mol. The van der Waals surface area contributed by atoms with E-state index < -0.39 is 11.6 Å². The summed E-state index contributed by atoms with van der Waals surface area (Å²) in [7, 11) is 0. The van der Waals surface area contributed by atoms with Gasteiger partial charge in [-0.1, -0.05) is 6.07 Å². The average molecular weight is 248 g/mol. The molecule has 0 bridgehead atoms. The number of rotatable bonds is 3. The van der Waals surface area contributed by atoms with Gasteiger partial charge in [-0.15, -0.1) is 0 Å². The number of ether oxygens (including phenoxy) is 1. The van der Waals surface area contributed by atoms with Crippen LogP contribution in [0.1, 0.15) is 15.9 Å². The molecule has 0 saturated carbocycles. The summed E-state index contributed by atoms with van der Waals surface area (Å²) >= 11 is 0. The van der Waals surface area contributed by atoms with Gasteiger partial charge in [0.25, 0.3) is 0 Å². The normalized spacial score (nSPS) is 10.2. The number of carbonyl (C=O) groups is 1. The van der Waals surface area contributed by atoms with Gasteiger partial charge in [0.05, 0.1) is 0 Å². The predicted octanol–water partition coefficient (Wildman–Crippen LogP) is 3.88. The summed E-state index contributed by atoms with van der Waals surface area (Å²) in [6.45, 7) is 1.47. The van der Waals surface area contributed by atoms with Crippen molar-refractivity contribution in [2.24, 2.45) is 0 Å². The van der Waals surface area contributed by atoms with Crippen molar-refractivity contribution in [3.8, 4) is 11.5 Å². The third-order valence-corrected chi connectivity index (χ3v) is 2.48. The van der Waals surface area contributed by atoms with Crippen molar-refractivity contribution < 1.29 is 18.3 Å². The lowest BCUT2D eigenvalue weighted by molar-refractivity contribution is 0.112. The third kappa shape index (κ3) is 2.37. The van der Waals surface area contributed by atoms with Gasteiger partial charge in [0.2, 0.25) is 5.82 Å². The standard InChI is InChI=1S/C14H10F2O2/c1-9-2-7-12(14(16)13(9)15)18-11-5-3-10(8-17)4-6-11/h2-8H,1H3. The average Bonchev–Trinajstić information content (AvgIpc) is 2.40. The van der Waals surface area contributed by atoms with Crippen LogP contribution in [-0.2, 0) is 0 Å². The molecule has 0 aliphatic rings. The van der Waals surface area contributed by atoms with E-state index in [1.807, 2.05) is 0 Å². The Morgan fingerprint density at radius 3 is 2.28 bits per heavy atom. The molecule has 0 atom stereocenters. The molecule has 2 rings (SSSR count). The van der Waals surface area contributed by atoms with Crippen molar-refractivity contribution in [2.45, 2.75) is 6.92 Å². The van der Waals surface area contributed by atoms with Gasteiger partial charge in [-0.05, 0) is 42.8 Å². The van der Waals surface area contributed by atoms with Gasteiger partial charge in [-0.25, -0.2) is 4.39 Å². The van der Waals surface area contributed by atoms with Crippen molar-refractivity contribution >= 4 is 6.29 Å². The van der Waals surface area contributed by atoms with Crippen LogP contribution in [0.15, 0.2) is 36.4 Å². The monoisotopic (exact) mass is 248 g/mol. The van der Waals surface area contributed by atoms with E-state index in [0.717, 1.165) is 0 Å². The van der Waals surface area contributed by atoms with Crippen molar-refractivity contribution in [3.63, 3.8) is 0 Å². The highest BCUT2D eigenvalue weighted by Crippen LogP contribution is 2.27. The number of hydrogen-bond acceptors (Lipinski definition) is 2. The van der Waals surface area contributed by atoms with Crippen LogP contribution in [0.3, 0.4) is 0 Å². The van der Waals surface area contributed by atoms with Crippen molar-refractivity contribution in [1.29, 1.82) is 0 Å². The Balaban J connectivity index is 2.28. The Morgan fingerprint density at radius 2 is 1.67 bits per heavy atom. The van der Waals surface area contributed by atoms with Crippen molar-refractivity contribution in [1.82, 2.24) is 0 Å². The minimum Gasteiger partial charge on any atom is -0.454 e. The zero-order valence-electron chi connectivity index (χ0n) is 9.61. The fourth-order valence-electron chi connectivity index (χ4n) is 1.45. The van der Waals surface area contributed by atoms with Crippen LogP contribution in [-0.4, -0.2) is 6.29 Å². The van der Waals surface area contributed by atoms with E-state index in [1.165, 1.54) is 43.3 Å². The number of benzene rings is 2. The van der Waals surface area contributed by atoms with Crippen molar-refractivity contribution in [3.05, 3.63) is 59.2 Å². The topological polar surface area (TPSA) is 26.3 Å². The molecule has 0 radical (unpaired) electrons. The lowest BCUT2D eigenvalue weighted by Crippen LogP contribution is -1.94. The SMILES string of the molecule is Cc1ccc(Oc2ccc(C=O)cc2)c(F)c1F. The molecule has 0 N–H and O–H groups in total. The Labute approximate surface area is 103 Å². The molecule has 0 aliphatic heterocycles. The molecule has 92 valence electrons. The van der Waals surface area contributed by atoms with Crippen LogP contribution >= 0.6 is 0 Å². The molecule has 0 aliphatic carbocycles. The number of carbonyl (C=O) groups excluding carboxylic acids is 1. The van der Waals surface area contributed by atoms with Crippen LogP contribution in [0, 0.1) is 18.6 Å². The minimum atomic E-state index is -1.02. The lowest BCUT2D eigenvalue weighted by atomic mass is 10.2. The van der Waals surface area contributed by atoms with Gasteiger partial charge in [0, 0.05) is 5.56 Å². The highest BCUT2D eigenvalue weighted by Gasteiger charge is 2.12. The van der Waals surface area contributed by atoms with E-state index in [2.05, 4.69) is 0 Å². The first-order chi connectivity index (χ1) is 8.61. The van der Waals surface area contributed by atoms with E-state index in [-0.39, 0.29) is 11.3 Å². The summed E-state index contributed by atoms with van der Waals surface area (Å²) in [6, 6.07) is 8.90. The maximum Gasteiger partial charge on any atom is 0.201 e. The molecule has 0 fully saturated rings. The fourth-order valence-corrected chi connectivity index (χ4v) is 1.45. The number of aldehydes is 1. The molecule has 0 heterocycles. The third-order valence-electron chi connectivity index (χ3n) is 2.48. The molecule has 2 nitrogen and oxygen atoms in total. The maximum atomic E-state index is 13.5. The second-order valence-corrected chi connectivity index (χ2v) is 3.80. The Bertz CT molecular complexity index is 577. The van der Waals surface area contributed by atoms with Crippen molar-refractivity contribution in [2.75, 3.05) is 0 Å². The first-order valence-corrected chi connectivity index (χ1v) is 5.29. The number of halogens is 2. The molecule has 2 aromatic carbocycles. The second-order valence-electron chi connectivity index (χ2n) is 3.80. The number of aryl methyl sites for hydroxylation is 1. The molecule has 2 aromatic rings. The highest BCUT2D eigenvalue weighted by molar-refractivity contribution is 5.74. The molecular formula is C14H10F2O2. The van der Waals surface area contributed by atoms with Crippen LogP contribution in [0.5, 0.6) is 11.5 Å². The second kappa shape index (κ2) is 4.96. The maximum absolute atomic E-state index is 13.5. The first kappa shape index (κ1) is 12.2. The molecule has 4 heteroatoms. The van der Waals surface area contributed by atoms with Gasteiger partial charge >= 0.3 is 0 Å². The molecule has 0 spiro atoms. The summed E-state index contributed by atoms with van der Waals surface area (Å²) in [5.74, 6) is -1.79. The van der Waals surface area contributed by atoms with Gasteiger partial charge < -0.3 is 4.74 Å². The Kier molecular flexibility index (Phi) is 3.37. The fraction of sp³-hybridized carbons (Fsp3) is 0.0714. The zero-order valence-corrected chi connectivity index (χ0v) is 9.61. The van der Waals surface area contributed by atoms with E-state index in [4.69, 9.17) is 4.74 Å². The van der Waals surface area contributed by atoms with Gasteiger partial charge in [0.15, 0.2) is 11.6 Å². The number of hydrogen-bond donors (Lipinski definition) is 0. The van der Waals surface area contributed by atoms with Gasteiger partial charge in [0.1, 0.15) is 12.0 Å². The van der Waals surface area contributed by atoms with E-state index in [9.17, 15) is 13.6 Å². The smallest absolute Gasteiger partial charge is 0.201 e. The van der Waals surface area contributed by atoms with E-state index >= 15 is 0 Å². The first-order valence-electron chi connectivity index (χ1n) is 5.29. The highest BCUT2D eigenvalue weighted by atomic mass is 19.2. The quantitative estimate of drug-likeness (QED) is 0.770. The lowest BCUT2D eigenvalue weighted by Gasteiger charge is -2.08. The van der Waals surface area contributed by atoms with E-state index in [1.54, 1.807) is 0 Å². The van der Waals surface area contributed by atoms with E-state index in [0.29, 0.717) is 17.6 Å². The predicted molar refractivity (Wildman–Crippen MR) is 63.0 cm³/mol. The van der Waals surface area contributed by atoms with Crippen LogP contribution < -0.4 is 4.74 Å². The van der Waals surface area contributed by atoms with Crippen LogP contribution in [0.2, 0.25) is 0 Å². The Morgan fingerprint density at radius 1 is 1.00 bits per heavy atom. The van der Waals surface area contributed by atoms with Gasteiger partial charge in [-0.3, -0.25) is 4.79 Å². The summed E-state index contributed by atoms with van der Waals surface area (Å²) in [4.78, 5) is 10.5.